The number of nitrogens with one attached hydrogen (secondary N) is 1. The van der Waals surface area contributed by atoms with E-state index in [1.807, 2.05) is 0 Å². The monoisotopic (exact) mass is 335 g/mol. The van der Waals surface area contributed by atoms with Gasteiger partial charge in [-0.05, 0) is 30.7 Å². The first-order chi connectivity index (χ1) is 9.17. The number of rotatable bonds is 3. The molecule has 1 fully saturated rings. The Hall–Kier alpha value is -0.590. The lowest BCUT2D eigenvalue weighted by Gasteiger charge is -2.35. The van der Waals surface area contributed by atoms with Crippen molar-refractivity contribution in [3.63, 3.8) is 0 Å². The zero-order valence-corrected chi connectivity index (χ0v) is 13.9. The Morgan fingerprint density at radius 2 is 2.20 bits per heavy atom. The van der Waals surface area contributed by atoms with Crippen molar-refractivity contribution < 1.29 is 13.2 Å². The average Bonchev–Trinajstić information content (AvgIpc) is 2.76. The maximum atomic E-state index is 12.1. The van der Waals surface area contributed by atoms with Gasteiger partial charge in [0.05, 0.1) is 5.56 Å². The van der Waals surface area contributed by atoms with Gasteiger partial charge in [-0.15, -0.1) is 11.3 Å². The lowest BCUT2D eigenvalue weighted by Crippen LogP contribution is -2.40. The fourth-order valence-corrected chi connectivity index (χ4v) is 4.60. The Balaban J connectivity index is 2.03. The Bertz CT molecular complexity index is 607. The van der Waals surface area contributed by atoms with Gasteiger partial charge < -0.3 is 5.32 Å². The fraction of sp³-hybridized carbons (Fsp3) is 0.615. The van der Waals surface area contributed by atoms with Crippen LogP contribution < -0.4 is 5.32 Å². The summed E-state index contributed by atoms with van der Waals surface area (Å²) in [4.78, 5) is 12.1. The number of carbonyl (C=O) groups excluding carboxylic acids is 1. The fourth-order valence-electron chi connectivity index (χ4n) is 2.65. The van der Waals surface area contributed by atoms with Crippen LogP contribution in [0.5, 0.6) is 0 Å². The molecule has 1 aromatic rings. The van der Waals surface area contributed by atoms with E-state index >= 15 is 0 Å². The third-order valence-electron chi connectivity index (χ3n) is 3.62. The summed E-state index contributed by atoms with van der Waals surface area (Å²) in [5.41, 5.74) is 0.604. The Morgan fingerprint density at radius 1 is 1.50 bits per heavy atom. The second-order valence-corrected chi connectivity index (χ2v) is 9.73. The van der Waals surface area contributed by atoms with Crippen molar-refractivity contribution in [1.82, 2.24) is 5.32 Å². The minimum Gasteiger partial charge on any atom is -0.349 e. The number of halogens is 1. The minimum absolute atomic E-state index is 0.00768. The Morgan fingerprint density at radius 3 is 2.75 bits per heavy atom. The zero-order valence-electron chi connectivity index (χ0n) is 11.5. The second kappa shape index (κ2) is 5.66. The summed E-state index contributed by atoms with van der Waals surface area (Å²) in [5.74, 6) is -0.226. The van der Waals surface area contributed by atoms with E-state index in [-0.39, 0.29) is 21.6 Å². The normalized spacial score (nSPS) is 22.4. The van der Waals surface area contributed by atoms with Crippen molar-refractivity contribution in [1.29, 1.82) is 0 Å². The predicted molar refractivity (Wildman–Crippen MR) is 80.9 cm³/mol. The molecule has 0 saturated heterocycles. The molecule has 0 aromatic carbocycles. The number of hydrogen-bond donors (Lipinski definition) is 1. The highest BCUT2D eigenvalue weighted by molar-refractivity contribution is 8.15. The highest BCUT2D eigenvalue weighted by atomic mass is 35.7. The number of amides is 1. The molecule has 2 rings (SSSR count). The second-order valence-electron chi connectivity index (χ2n) is 6.02. The van der Waals surface area contributed by atoms with Gasteiger partial charge in [-0.1, -0.05) is 20.3 Å². The molecule has 4 nitrogen and oxygen atoms in total. The van der Waals surface area contributed by atoms with E-state index in [1.54, 1.807) is 0 Å². The first-order valence-corrected chi connectivity index (χ1v) is 9.70. The smallest absolute Gasteiger partial charge is 0.270 e. The lowest BCUT2D eigenvalue weighted by molar-refractivity contribution is 0.0903. The molecule has 1 aromatic heterocycles. The van der Waals surface area contributed by atoms with Crippen molar-refractivity contribution in [2.24, 2.45) is 5.41 Å². The van der Waals surface area contributed by atoms with Gasteiger partial charge in [0.2, 0.25) is 0 Å². The number of hydrogen-bond acceptors (Lipinski definition) is 4. The van der Waals surface area contributed by atoms with Crippen LogP contribution in [0.15, 0.2) is 15.7 Å². The SMILES string of the molecule is CC1(C)CCCC(NC(=O)c2csc(S(=O)(=O)Cl)c2)C1. The van der Waals surface area contributed by atoms with Crippen LogP contribution in [0.4, 0.5) is 0 Å². The molecule has 112 valence electrons. The van der Waals surface area contributed by atoms with Crippen LogP contribution in [0, 0.1) is 5.41 Å². The first kappa shape index (κ1) is 15.8. The molecule has 1 saturated carbocycles. The molecular formula is C13H18ClNO3S2. The van der Waals surface area contributed by atoms with Crippen LogP contribution in [-0.4, -0.2) is 20.4 Å². The number of carbonyl (C=O) groups is 1. The summed E-state index contributed by atoms with van der Waals surface area (Å²) in [6, 6.07) is 1.48. The maximum Gasteiger partial charge on any atom is 0.270 e. The minimum atomic E-state index is -3.76. The van der Waals surface area contributed by atoms with Crippen molar-refractivity contribution in [3.8, 4) is 0 Å². The maximum absolute atomic E-state index is 12.1. The molecule has 1 aliphatic carbocycles. The standard InChI is InChI=1S/C13H18ClNO3S2/c1-13(2)5-3-4-10(7-13)15-12(16)9-6-11(19-8-9)20(14,17)18/h6,8,10H,3-5,7H2,1-2H3,(H,15,16). The van der Waals surface area contributed by atoms with Gasteiger partial charge in [0.1, 0.15) is 4.21 Å². The van der Waals surface area contributed by atoms with E-state index in [1.165, 1.54) is 17.9 Å². The highest BCUT2D eigenvalue weighted by Crippen LogP contribution is 2.35. The van der Waals surface area contributed by atoms with Crippen LogP contribution in [0.25, 0.3) is 0 Å². The molecule has 0 spiro atoms. The van der Waals surface area contributed by atoms with Crippen LogP contribution in [0.2, 0.25) is 0 Å². The van der Waals surface area contributed by atoms with Crippen LogP contribution in [-0.2, 0) is 9.05 Å². The molecule has 1 unspecified atom stereocenters. The predicted octanol–water partition coefficient (Wildman–Crippen LogP) is 3.37. The van der Waals surface area contributed by atoms with Crippen LogP contribution in [0.1, 0.15) is 49.9 Å². The molecule has 0 aliphatic heterocycles. The molecule has 1 aliphatic rings. The lowest BCUT2D eigenvalue weighted by atomic mass is 9.75. The van der Waals surface area contributed by atoms with Crippen molar-refractivity contribution in [3.05, 3.63) is 17.0 Å². The quantitative estimate of drug-likeness (QED) is 0.861. The van der Waals surface area contributed by atoms with Crippen molar-refractivity contribution >= 4 is 37.0 Å². The van der Waals surface area contributed by atoms with Gasteiger partial charge in [-0.25, -0.2) is 8.42 Å². The number of thiophene rings is 1. The highest BCUT2D eigenvalue weighted by Gasteiger charge is 2.29. The average molecular weight is 336 g/mol. The summed E-state index contributed by atoms with van der Waals surface area (Å²) < 4.78 is 22.4. The molecule has 20 heavy (non-hydrogen) atoms. The summed E-state index contributed by atoms with van der Waals surface area (Å²) in [6.45, 7) is 4.40. The Kier molecular flexibility index (Phi) is 4.47. The summed E-state index contributed by atoms with van der Waals surface area (Å²) in [7, 11) is 1.50. The Labute approximate surface area is 127 Å². The van der Waals surface area contributed by atoms with E-state index in [2.05, 4.69) is 19.2 Å². The topological polar surface area (TPSA) is 63.2 Å². The van der Waals surface area contributed by atoms with Gasteiger partial charge in [-0.2, -0.15) is 0 Å². The molecule has 0 radical (unpaired) electrons. The molecular weight excluding hydrogens is 318 g/mol. The zero-order chi connectivity index (χ0) is 15.0. The molecule has 1 heterocycles. The summed E-state index contributed by atoms with van der Waals surface area (Å²) in [6.07, 6.45) is 4.19. The van der Waals surface area contributed by atoms with Gasteiger partial charge in [0, 0.05) is 22.1 Å². The van der Waals surface area contributed by atoms with Crippen LogP contribution in [0.3, 0.4) is 0 Å². The molecule has 1 amide bonds. The van der Waals surface area contributed by atoms with Crippen LogP contribution >= 0.6 is 22.0 Å². The van der Waals surface area contributed by atoms with E-state index in [0.29, 0.717) is 5.56 Å². The van der Waals surface area contributed by atoms with Gasteiger partial charge >= 0.3 is 0 Å². The summed E-state index contributed by atoms with van der Waals surface area (Å²) >= 11 is 0.966. The van der Waals surface area contributed by atoms with Crippen molar-refractivity contribution in [2.75, 3.05) is 0 Å². The van der Waals surface area contributed by atoms with Gasteiger partial charge in [-0.3, -0.25) is 4.79 Å². The molecule has 1 atom stereocenters. The van der Waals surface area contributed by atoms with E-state index in [9.17, 15) is 13.2 Å². The summed E-state index contributed by atoms with van der Waals surface area (Å²) in [5, 5.41) is 4.51. The van der Waals surface area contributed by atoms with E-state index < -0.39 is 9.05 Å². The van der Waals surface area contributed by atoms with Crippen molar-refractivity contribution in [2.45, 2.75) is 49.8 Å². The molecule has 1 N–H and O–H groups in total. The third kappa shape index (κ3) is 3.96. The van der Waals surface area contributed by atoms with Gasteiger partial charge in [0.15, 0.2) is 0 Å². The largest absolute Gasteiger partial charge is 0.349 e. The van der Waals surface area contributed by atoms with Gasteiger partial charge in [0.25, 0.3) is 15.0 Å². The molecule has 0 bridgehead atoms. The van der Waals surface area contributed by atoms with E-state index in [4.69, 9.17) is 10.7 Å². The first-order valence-electron chi connectivity index (χ1n) is 6.51. The van der Waals surface area contributed by atoms with E-state index in [0.717, 1.165) is 30.6 Å². The third-order valence-corrected chi connectivity index (χ3v) is 6.66. The molecule has 7 heteroatoms.